The highest BCUT2D eigenvalue weighted by Crippen LogP contribution is 2.22. The molecule has 1 N–H and O–H groups in total. The molecule has 0 aromatic carbocycles. The molecule has 1 fully saturated rings. The van der Waals surface area contributed by atoms with Crippen molar-refractivity contribution in [3.63, 3.8) is 0 Å². The fraction of sp³-hybridized carbons (Fsp3) is 0.500. The second kappa shape index (κ2) is 5.85. The number of aromatic nitrogens is 3. The molecule has 0 atom stereocenters. The molecular weight excluding hydrogens is 264 g/mol. The number of hydrogen-bond donors (Lipinski definition) is 1. The van der Waals surface area contributed by atoms with Gasteiger partial charge in [-0.05, 0) is 44.9 Å². The Balaban J connectivity index is 1.69. The van der Waals surface area contributed by atoms with Crippen molar-refractivity contribution < 1.29 is 4.74 Å². The van der Waals surface area contributed by atoms with Crippen LogP contribution in [-0.4, -0.2) is 20.8 Å². The molecule has 0 spiro atoms. The maximum Gasteiger partial charge on any atom is 0.142 e. The lowest BCUT2D eigenvalue weighted by atomic mass is 10.2. The zero-order valence-corrected chi connectivity index (χ0v) is 12.9. The summed E-state index contributed by atoms with van der Waals surface area (Å²) in [5.41, 5.74) is 4.08. The van der Waals surface area contributed by atoms with Crippen molar-refractivity contribution in [2.24, 2.45) is 7.05 Å². The molecule has 3 rings (SSSR count). The van der Waals surface area contributed by atoms with Gasteiger partial charge >= 0.3 is 0 Å². The van der Waals surface area contributed by atoms with Gasteiger partial charge in [0, 0.05) is 25.3 Å². The van der Waals surface area contributed by atoms with E-state index in [1.165, 1.54) is 12.8 Å². The quantitative estimate of drug-likeness (QED) is 0.885. The Kier molecular flexibility index (Phi) is 3.92. The Bertz CT molecular complexity index is 631. The summed E-state index contributed by atoms with van der Waals surface area (Å²) < 4.78 is 7.82. The van der Waals surface area contributed by atoms with Crippen molar-refractivity contribution in [1.29, 1.82) is 0 Å². The van der Waals surface area contributed by atoms with Crippen molar-refractivity contribution in [2.45, 2.75) is 45.9 Å². The average Bonchev–Trinajstić information content (AvgIpc) is 3.21. The zero-order valence-electron chi connectivity index (χ0n) is 12.9. The summed E-state index contributed by atoms with van der Waals surface area (Å²) in [6.07, 6.45) is 2.55. The van der Waals surface area contributed by atoms with E-state index in [0.717, 1.165) is 35.1 Å². The Morgan fingerprint density at radius 3 is 2.76 bits per heavy atom. The fourth-order valence-corrected chi connectivity index (χ4v) is 2.34. The van der Waals surface area contributed by atoms with Gasteiger partial charge in [0.1, 0.15) is 12.4 Å². The molecule has 21 heavy (non-hydrogen) atoms. The molecule has 5 nitrogen and oxygen atoms in total. The van der Waals surface area contributed by atoms with E-state index in [1.807, 2.05) is 43.8 Å². The Labute approximate surface area is 125 Å². The molecule has 2 aromatic rings. The number of aryl methyl sites for hydroxylation is 3. The van der Waals surface area contributed by atoms with Crippen LogP contribution in [0, 0.1) is 13.8 Å². The van der Waals surface area contributed by atoms with Crippen LogP contribution in [-0.2, 0) is 20.2 Å². The summed E-state index contributed by atoms with van der Waals surface area (Å²) in [7, 11) is 1.94. The minimum atomic E-state index is 0.512. The van der Waals surface area contributed by atoms with E-state index < -0.39 is 0 Å². The molecule has 0 bridgehead atoms. The minimum absolute atomic E-state index is 0.512. The summed E-state index contributed by atoms with van der Waals surface area (Å²) >= 11 is 0. The molecule has 2 heterocycles. The van der Waals surface area contributed by atoms with Gasteiger partial charge in [0.15, 0.2) is 0 Å². The van der Waals surface area contributed by atoms with Crippen LogP contribution < -0.4 is 10.1 Å². The highest BCUT2D eigenvalue weighted by molar-refractivity contribution is 5.29. The summed E-state index contributed by atoms with van der Waals surface area (Å²) in [5, 5.41) is 7.83. The molecular formula is C16H22N4O. The summed E-state index contributed by atoms with van der Waals surface area (Å²) in [6.45, 7) is 5.28. The number of ether oxygens (including phenoxy) is 1. The lowest BCUT2D eigenvalue weighted by Gasteiger charge is -2.12. The van der Waals surface area contributed by atoms with Crippen molar-refractivity contribution >= 4 is 0 Å². The first-order chi connectivity index (χ1) is 10.1. The van der Waals surface area contributed by atoms with Crippen LogP contribution in [0.3, 0.4) is 0 Å². The molecule has 0 unspecified atom stereocenters. The van der Waals surface area contributed by atoms with Crippen LogP contribution in [0.5, 0.6) is 5.75 Å². The van der Waals surface area contributed by atoms with E-state index in [4.69, 9.17) is 4.74 Å². The predicted octanol–water partition coefficient (Wildman–Crippen LogP) is 2.26. The molecule has 1 saturated carbocycles. The lowest BCUT2D eigenvalue weighted by Crippen LogP contribution is -2.17. The molecule has 1 aliphatic rings. The molecule has 112 valence electrons. The molecule has 0 saturated heterocycles. The second-order valence-corrected chi connectivity index (χ2v) is 5.74. The largest absolute Gasteiger partial charge is 0.485 e. The standard InChI is InChI=1S/C16H22N4O/c1-11-4-7-16(15(18-11)9-17-13-5-6-13)21-10-14-8-12(2)19-20(14)3/h4,7-8,13,17H,5-6,9-10H2,1-3H3. The van der Waals surface area contributed by atoms with Crippen LogP contribution in [0.1, 0.15) is 35.6 Å². The molecule has 0 radical (unpaired) electrons. The van der Waals surface area contributed by atoms with Crippen LogP contribution in [0.4, 0.5) is 0 Å². The van der Waals surface area contributed by atoms with E-state index in [1.54, 1.807) is 0 Å². The van der Waals surface area contributed by atoms with Crippen molar-refractivity contribution in [1.82, 2.24) is 20.1 Å². The van der Waals surface area contributed by atoms with Crippen LogP contribution >= 0.6 is 0 Å². The minimum Gasteiger partial charge on any atom is -0.485 e. The SMILES string of the molecule is Cc1ccc(OCc2cc(C)nn2C)c(CNC2CC2)n1. The van der Waals surface area contributed by atoms with Gasteiger partial charge in [-0.15, -0.1) is 0 Å². The van der Waals surface area contributed by atoms with Gasteiger partial charge in [-0.3, -0.25) is 9.67 Å². The number of pyridine rings is 1. The van der Waals surface area contributed by atoms with E-state index >= 15 is 0 Å². The smallest absolute Gasteiger partial charge is 0.142 e. The van der Waals surface area contributed by atoms with E-state index in [9.17, 15) is 0 Å². The summed E-state index contributed by atoms with van der Waals surface area (Å²) in [6, 6.07) is 6.71. The summed E-state index contributed by atoms with van der Waals surface area (Å²) in [5.74, 6) is 0.854. The summed E-state index contributed by atoms with van der Waals surface area (Å²) in [4.78, 5) is 4.60. The Morgan fingerprint density at radius 2 is 2.10 bits per heavy atom. The highest BCUT2D eigenvalue weighted by atomic mass is 16.5. The fourth-order valence-electron chi connectivity index (χ4n) is 2.34. The topological polar surface area (TPSA) is 52.0 Å². The third-order valence-electron chi connectivity index (χ3n) is 3.68. The van der Waals surface area contributed by atoms with Gasteiger partial charge in [0.25, 0.3) is 0 Å². The first-order valence-corrected chi connectivity index (χ1v) is 7.44. The van der Waals surface area contributed by atoms with Gasteiger partial charge < -0.3 is 10.1 Å². The van der Waals surface area contributed by atoms with Gasteiger partial charge in [-0.2, -0.15) is 5.10 Å². The van der Waals surface area contributed by atoms with E-state index in [2.05, 4.69) is 15.4 Å². The maximum absolute atomic E-state index is 5.96. The molecule has 5 heteroatoms. The molecule has 0 amide bonds. The lowest BCUT2D eigenvalue weighted by molar-refractivity contribution is 0.289. The molecule has 0 aliphatic heterocycles. The van der Waals surface area contributed by atoms with Gasteiger partial charge in [-0.1, -0.05) is 0 Å². The van der Waals surface area contributed by atoms with Crippen molar-refractivity contribution in [3.05, 3.63) is 41.0 Å². The third kappa shape index (κ3) is 3.61. The normalized spacial score (nSPS) is 14.4. The Morgan fingerprint density at radius 1 is 1.29 bits per heavy atom. The third-order valence-corrected chi connectivity index (χ3v) is 3.68. The van der Waals surface area contributed by atoms with Gasteiger partial charge in [0.2, 0.25) is 0 Å². The van der Waals surface area contributed by atoms with E-state index in [0.29, 0.717) is 12.6 Å². The monoisotopic (exact) mass is 286 g/mol. The number of nitrogens with zero attached hydrogens (tertiary/aromatic N) is 3. The maximum atomic E-state index is 5.96. The van der Waals surface area contributed by atoms with Crippen LogP contribution in [0.25, 0.3) is 0 Å². The first-order valence-electron chi connectivity index (χ1n) is 7.44. The molecule has 2 aromatic heterocycles. The predicted molar refractivity (Wildman–Crippen MR) is 81.1 cm³/mol. The van der Waals surface area contributed by atoms with Crippen LogP contribution in [0.15, 0.2) is 18.2 Å². The van der Waals surface area contributed by atoms with Crippen LogP contribution in [0.2, 0.25) is 0 Å². The zero-order chi connectivity index (χ0) is 14.8. The van der Waals surface area contributed by atoms with Gasteiger partial charge in [-0.25, -0.2) is 0 Å². The van der Waals surface area contributed by atoms with E-state index in [-0.39, 0.29) is 0 Å². The van der Waals surface area contributed by atoms with Crippen molar-refractivity contribution in [3.8, 4) is 5.75 Å². The second-order valence-electron chi connectivity index (χ2n) is 5.74. The number of hydrogen-bond acceptors (Lipinski definition) is 4. The number of rotatable bonds is 6. The highest BCUT2D eigenvalue weighted by Gasteiger charge is 2.21. The first kappa shape index (κ1) is 14.1. The molecule has 1 aliphatic carbocycles. The van der Waals surface area contributed by atoms with Crippen molar-refractivity contribution in [2.75, 3.05) is 0 Å². The van der Waals surface area contributed by atoms with Gasteiger partial charge in [0.05, 0.1) is 17.1 Å². The Hall–Kier alpha value is -1.88. The average molecular weight is 286 g/mol. The number of nitrogens with one attached hydrogen (secondary N) is 1.